The van der Waals surface area contributed by atoms with Crippen molar-refractivity contribution in [2.45, 2.75) is 39.3 Å². The highest BCUT2D eigenvalue weighted by Gasteiger charge is 2.08. The molecule has 0 bridgehead atoms. The van der Waals surface area contributed by atoms with Gasteiger partial charge in [-0.15, -0.1) is 0 Å². The summed E-state index contributed by atoms with van der Waals surface area (Å²) in [4.78, 5) is 10.9. The van der Waals surface area contributed by atoms with Crippen LogP contribution in [-0.4, -0.2) is 12.2 Å². The Hall–Kier alpha value is -0.830. The van der Waals surface area contributed by atoms with Gasteiger partial charge in [0, 0.05) is 5.57 Å². The molecule has 0 saturated carbocycles. The maximum atomic E-state index is 10.9. The van der Waals surface area contributed by atoms with Crippen LogP contribution in [-0.2, 0) is 9.53 Å². The average Bonchev–Trinajstić information content (AvgIpc) is 2.00. The Morgan fingerprint density at radius 1 is 1.67 bits per heavy atom. The Morgan fingerprint density at radius 2 is 2.25 bits per heavy atom. The van der Waals surface area contributed by atoms with Crippen LogP contribution in [0, 0.1) is 0 Å². The normalized spacial score (nSPS) is 12.2. The van der Waals surface area contributed by atoms with E-state index in [1.165, 1.54) is 0 Å². The van der Waals surface area contributed by atoms with Gasteiger partial charge in [0.05, 0.1) is 0 Å². The Kier molecular flexibility index (Phi) is 5.37. The van der Waals surface area contributed by atoms with Crippen LogP contribution in [0.3, 0.4) is 0 Å². The first-order valence-electron chi connectivity index (χ1n) is 4.20. The molecule has 0 aromatic rings. The minimum absolute atomic E-state index is 0.391. The molecule has 0 fully saturated rings. The smallest absolute Gasteiger partial charge is 0.334 e. The van der Waals surface area contributed by atoms with Gasteiger partial charge in [-0.25, -0.2) is 4.79 Å². The fraction of sp³-hybridized carbons (Fsp3) is 0.667. The van der Waals surface area contributed by atoms with Crippen molar-refractivity contribution in [1.29, 1.82) is 0 Å². The van der Waals surface area contributed by atoms with Crippen LogP contribution >= 0.6 is 0 Å². The third-order valence-electron chi connectivity index (χ3n) is 1.45. The molecule has 3 heteroatoms. The molecule has 2 N–H and O–H groups in total. The molecule has 70 valence electrons. The number of rotatable bonds is 5. The molecule has 3 nitrogen and oxygen atoms in total. The van der Waals surface area contributed by atoms with Crippen molar-refractivity contribution in [2.24, 2.45) is 5.73 Å². The first-order chi connectivity index (χ1) is 5.57. The van der Waals surface area contributed by atoms with Gasteiger partial charge in [0.15, 0.2) is 6.23 Å². The van der Waals surface area contributed by atoms with E-state index >= 15 is 0 Å². The van der Waals surface area contributed by atoms with Crippen LogP contribution in [0.15, 0.2) is 12.2 Å². The molecule has 0 saturated heterocycles. The molecule has 0 aliphatic heterocycles. The van der Waals surface area contributed by atoms with E-state index in [1.807, 2.05) is 0 Å². The molecule has 0 heterocycles. The van der Waals surface area contributed by atoms with Crippen LogP contribution in [0.4, 0.5) is 0 Å². The number of carbonyl (C=O) groups excluding carboxylic acids is 1. The zero-order valence-corrected chi connectivity index (χ0v) is 7.80. The molecule has 12 heavy (non-hydrogen) atoms. The Morgan fingerprint density at radius 3 is 2.67 bits per heavy atom. The fourth-order valence-electron chi connectivity index (χ4n) is 0.702. The van der Waals surface area contributed by atoms with Crippen LogP contribution < -0.4 is 5.73 Å². The molecule has 0 amide bonds. The van der Waals surface area contributed by atoms with Crippen molar-refractivity contribution in [2.75, 3.05) is 0 Å². The Labute approximate surface area is 73.6 Å². The average molecular weight is 171 g/mol. The highest BCUT2D eigenvalue weighted by Crippen LogP contribution is 2.02. The summed E-state index contributed by atoms with van der Waals surface area (Å²) in [6, 6.07) is 0. The minimum atomic E-state index is -0.478. The van der Waals surface area contributed by atoms with Gasteiger partial charge < -0.3 is 4.74 Å². The first-order valence-corrected chi connectivity index (χ1v) is 4.20. The highest BCUT2D eigenvalue weighted by atomic mass is 16.6. The number of hydrogen-bond acceptors (Lipinski definition) is 3. The van der Waals surface area contributed by atoms with E-state index in [9.17, 15) is 4.79 Å². The molecule has 0 spiro atoms. The summed E-state index contributed by atoms with van der Waals surface area (Å²) in [7, 11) is 0. The summed E-state index contributed by atoms with van der Waals surface area (Å²) >= 11 is 0. The lowest BCUT2D eigenvalue weighted by Crippen LogP contribution is -2.27. The number of ether oxygens (including phenoxy) is 1. The lowest BCUT2D eigenvalue weighted by atomic mass is 10.2. The second-order valence-electron chi connectivity index (χ2n) is 2.87. The number of carbonyl (C=O) groups is 1. The van der Waals surface area contributed by atoms with Gasteiger partial charge in [-0.3, -0.25) is 5.73 Å². The lowest BCUT2D eigenvalue weighted by Gasteiger charge is -2.11. The molecule has 1 atom stereocenters. The van der Waals surface area contributed by atoms with Crippen molar-refractivity contribution in [3.8, 4) is 0 Å². The van der Waals surface area contributed by atoms with Gasteiger partial charge in [0.25, 0.3) is 0 Å². The van der Waals surface area contributed by atoms with Crippen molar-refractivity contribution in [3.05, 3.63) is 12.2 Å². The van der Waals surface area contributed by atoms with Crippen molar-refractivity contribution in [3.63, 3.8) is 0 Å². The zero-order valence-electron chi connectivity index (χ0n) is 7.80. The van der Waals surface area contributed by atoms with E-state index in [1.54, 1.807) is 6.92 Å². The third-order valence-corrected chi connectivity index (χ3v) is 1.45. The first kappa shape index (κ1) is 11.2. The standard InChI is InChI=1S/C9H17NO2/c1-4-5-6-8(10)12-9(11)7(2)3/h8H,2,4-6,10H2,1,3H3. The summed E-state index contributed by atoms with van der Waals surface area (Å²) < 4.78 is 4.85. The van der Waals surface area contributed by atoms with Crippen LogP contribution in [0.1, 0.15) is 33.1 Å². The molecule has 0 rings (SSSR count). The Balaban J connectivity index is 3.61. The van der Waals surface area contributed by atoms with Crippen molar-refractivity contribution in [1.82, 2.24) is 0 Å². The van der Waals surface area contributed by atoms with E-state index in [-0.39, 0.29) is 0 Å². The number of nitrogens with two attached hydrogens (primary N) is 1. The number of esters is 1. The second kappa shape index (κ2) is 5.77. The summed E-state index contributed by atoms with van der Waals surface area (Å²) in [5.41, 5.74) is 5.90. The third kappa shape index (κ3) is 4.91. The maximum Gasteiger partial charge on any atom is 0.334 e. The minimum Gasteiger partial charge on any atom is -0.443 e. The SMILES string of the molecule is C=C(C)C(=O)OC(N)CCCC. The second-order valence-corrected chi connectivity index (χ2v) is 2.87. The van der Waals surface area contributed by atoms with Gasteiger partial charge in [-0.05, 0) is 19.8 Å². The monoisotopic (exact) mass is 171 g/mol. The molecule has 0 aliphatic rings. The highest BCUT2D eigenvalue weighted by molar-refractivity contribution is 5.87. The number of unbranched alkanes of at least 4 members (excludes halogenated alkanes) is 1. The van der Waals surface area contributed by atoms with E-state index < -0.39 is 12.2 Å². The van der Waals surface area contributed by atoms with E-state index in [0.717, 1.165) is 19.3 Å². The molecule has 0 radical (unpaired) electrons. The summed E-state index contributed by atoms with van der Waals surface area (Å²) in [5.74, 6) is -0.404. The van der Waals surface area contributed by atoms with E-state index in [2.05, 4.69) is 13.5 Å². The molecule has 0 aromatic carbocycles. The quantitative estimate of drug-likeness (QED) is 0.388. The maximum absolute atomic E-state index is 10.9. The van der Waals surface area contributed by atoms with Gasteiger partial charge in [0.2, 0.25) is 0 Å². The predicted octanol–water partition coefficient (Wildman–Crippen LogP) is 1.58. The van der Waals surface area contributed by atoms with Gasteiger partial charge in [0.1, 0.15) is 0 Å². The van der Waals surface area contributed by atoms with Gasteiger partial charge in [-0.2, -0.15) is 0 Å². The van der Waals surface area contributed by atoms with Gasteiger partial charge in [-0.1, -0.05) is 19.9 Å². The molecule has 0 aromatic heterocycles. The largest absolute Gasteiger partial charge is 0.443 e. The zero-order chi connectivity index (χ0) is 9.56. The molecular formula is C9H17NO2. The van der Waals surface area contributed by atoms with Crippen molar-refractivity contribution >= 4 is 5.97 Å². The van der Waals surface area contributed by atoms with Crippen LogP contribution in [0.25, 0.3) is 0 Å². The lowest BCUT2D eigenvalue weighted by molar-refractivity contribution is -0.144. The van der Waals surface area contributed by atoms with E-state index in [4.69, 9.17) is 10.5 Å². The van der Waals surface area contributed by atoms with Gasteiger partial charge >= 0.3 is 5.97 Å². The van der Waals surface area contributed by atoms with E-state index in [0.29, 0.717) is 5.57 Å². The summed E-state index contributed by atoms with van der Waals surface area (Å²) in [6.07, 6.45) is 2.27. The van der Waals surface area contributed by atoms with Crippen LogP contribution in [0.5, 0.6) is 0 Å². The topological polar surface area (TPSA) is 52.3 Å². The fourth-order valence-corrected chi connectivity index (χ4v) is 0.702. The molecular weight excluding hydrogens is 154 g/mol. The Bertz CT molecular complexity index is 166. The number of hydrogen-bond donors (Lipinski definition) is 1. The summed E-state index contributed by atoms with van der Waals surface area (Å²) in [5, 5.41) is 0. The van der Waals surface area contributed by atoms with Crippen LogP contribution in [0.2, 0.25) is 0 Å². The molecule has 0 aliphatic carbocycles. The van der Waals surface area contributed by atoms with Crippen molar-refractivity contribution < 1.29 is 9.53 Å². The predicted molar refractivity (Wildman–Crippen MR) is 48.4 cm³/mol. The summed E-state index contributed by atoms with van der Waals surface area (Å²) in [6.45, 7) is 7.13. The molecule has 1 unspecified atom stereocenters.